The molecule has 0 heterocycles. The molecule has 2 aromatic rings. The van der Waals surface area contributed by atoms with Gasteiger partial charge in [-0.15, -0.1) is 0 Å². The highest BCUT2D eigenvalue weighted by Crippen LogP contribution is 2.37. The number of carbonyl (C=O) groups is 1. The third kappa shape index (κ3) is 2.54. The van der Waals surface area contributed by atoms with Gasteiger partial charge in [0.25, 0.3) is 0 Å². The summed E-state index contributed by atoms with van der Waals surface area (Å²) in [5.41, 5.74) is 0.460. The van der Waals surface area contributed by atoms with Gasteiger partial charge in [0.15, 0.2) is 0 Å². The molecule has 0 amide bonds. The maximum absolute atomic E-state index is 14.4. The van der Waals surface area contributed by atoms with Crippen LogP contribution in [0.1, 0.15) is 21.5 Å². The van der Waals surface area contributed by atoms with Gasteiger partial charge in [0.2, 0.25) is 5.78 Å². The fraction of sp³-hybridized carbons (Fsp3) is 0.188. The van der Waals surface area contributed by atoms with Crippen LogP contribution in [0.5, 0.6) is 5.75 Å². The van der Waals surface area contributed by atoms with Gasteiger partial charge in [-0.2, -0.15) is 8.78 Å². The van der Waals surface area contributed by atoms with E-state index in [0.717, 1.165) is 5.56 Å². The Hall–Kier alpha value is -2.23. The van der Waals surface area contributed by atoms with Crippen molar-refractivity contribution in [2.75, 3.05) is 7.11 Å². The lowest BCUT2D eigenvalue weighted by atomic mass is 9.97. The summed E-state index contributed by atoms with van der Waals surface area (Å²) in [6.45, 7) is 1.83. The van der Waals surface area contributed by atoms with E-state index in [1.165, 1.54) is 37.4 Å². The predicted octanol–water partition coefficient (Wildman–Crippen LogP) is 3.98. The van der Waals surface area contributed by atoms with Crippen LogP contribution >= 0.6 is 0 Å². The smallest absolute Gasteiger partial charge is 0.338 e. The average molecular weight is 276 g/mol. The van der Waals surface area contributed by atoms with E-state index in [1.54, 1.807) is 18.2 Å². The van der Waals surface area contributed by atoms with Gasteiger partial charge in [0.05, 0.1) is 12.7 Å². The first-order valence-electron chi connectivity index (χ1n) is 6.09. The Balaban J connectivity index is 2.43. The Labute approximate surface area is 116 Å². The molecule has 0 radical (unpaired) electrons. The normalized spacial score (nSPS) is 11.2. The maximum Gasteiger partial charge on any atom is 0.338 e. The minimum Gasteiger partial charge on any atom is -0.496 e. The molecule has 0 aliphatic rings. The standard InChI is InChI=1S/C16H14F2O2/c1-11-7-9-12(10-8-11)15(19)16(17,18)13-5-3-4-6-14(13)20-2/h3-10H,1-2H3. The Kier molecular flexibility index (Phi) is 3.84. The highest BCUT2D eigenvalue weighted by molar-refractivity contribution is 6.02. The number of halogens is 2. The van der Waals surface area contributed by atoms with Gasteiger partial charge in [-0.1, -0.05) is 42.0 Å². The van der Waals surface area contributed by atoms with Crippen molar-refractivity contribution in [2.45, 2.75) is 12.8 Å². The van der Waals surface area contributed by atoms with Crippen molar-refractivity contribution in [3.05, 3.63) is 65.2 Å². The second kappa shape index (κ2) is 5.41. The van der Waals surface area contributed by atoms with Crippen LogP contribution in [0.25, 0.3) is 0 Å². The number of Topliss-reactive ketones (excluding diaryl/α,β-unsaturated/α-hetero) is 1. The molecule has 0 atom stereocenters. The molecule has 0 N–H and O–H groups in total. The number of rotatable bonds is 4. The van der Waals surface area contributed by atoms with E-state index in [1.807, 2.05) is 6.92 Å². The Morgan fingerprint density at radius 1 is 1.05 bits per heavy atom. The number of aryl methyl sites for hydroxylation is 1. The molecule has 0 unspecified atom stereocenters. The van der Waals surface area contributed by atoms with Crippen LogP contribution in [-0.4, -0.2) is 12.9 Å². The van der Waals surface area contributed by atoms with Crippen molar-refractivity contribution in [2.24, 2.45) is 0 Å². The molecular formula is C16H14F2O2. The van der Waals surface area contributed by atoms with Crippen molar-refractivity contribution in [1.29, 1.82) is 0 Å². The minimum atomic E-state index is -3.62. The summed E-state index contributed by atoms with van der Waals surface area (Å²) in [6.07, 6.45) is 0. The second-order valence-corrected chi connectivity index (χ2v) is 4.47. The SMILES string of the molecule is COc1ccccc1C(F)(F)C(=O)c1ccc(C)cc1. The van der Waals surface area contributed by atoms with Gasteiger partial charge in [-0.3, -0.25) is 4.79 Å². The monoisotopic (exact) mass is 276 g/mol. The van der Waals surface area contributed by atoms with Crippen molar-refractivity contribution in [3.63, 3.8) is 0 Å². The van der Waals surface area contributed by atoms with Gasteiger partial charge in [0.1, 0.15) is 5.75 Å². The minimum absolute atomic E-state index is 0.00189. The topological polar surface area (TPSA) is 26.3 Å². The zero-order valence-corrected chi connectivity index (χ0v) is 11.2. The fourth-order valence-corrected chi connectivity index (χ4v) is 1.91. The van der Waals surface area contributed by atoms with Gasteiger partial charge < -0.3 is 4.74 Å². The number of carbonyl (C=O) groups excluding carboxylic acids is 1. The zero-order valence-electron chi connectivity index (χ0n) is 11.2. The van der Waals surface area contributed by atoms with E-state index in [0.29, 0.717) is 0 Å². The van der Waals surface area contributed by atoms with Crippen LogP contribution in [0.3, 0.4) is 0 Å². The predicted molar refractivity (Wildman–Crippen MR) is 72.4 cm³/mol. The molecule has 0 aliphatic carbocycles. The highest BCUT2D eigenvalue weighted by atomic mass is 19.3. The molecular weight excluding hydrogens is 262 g/mol. The first-order chi connectivity index (χ1) is 9.46. The van der Waals surface area contributed by atoms with E-state index < -0.39 is 17.3 Å². The average Bonchev–Trinajstić information content (AvgIpc) is 2.47. The first kappa shape index (κ1) is 14.2. The molecule has 2 rings (SSSR count). The van der Waals surface area contributed by atoms with Crippen LogP contribution in [-0.2, 0) is 5.92 Å². The van der Waals surface area contributed by atoms with Gasteiger partial charge in [0, 0.05) is 5.56 Å². The van der Waals surface area contributed by atoms with E-state index in [4.69, 9.17) is 4.74 Å². The molecule has 20 heavy (non-hydrogen) atoms. The molecule has 104 valence electrons. The molecule has 0 saturated heterocycles. The van der Waals surface area contributed by atoms with Crippen LogP contribution in [0.2, 0.25) is 0 Å². The van der Waals surface area contributed by atoms with Crippen LogP contribution in [0, 0.1) is 6.92 Å². The van der Waals surface area contributed by atoms with Crippen molar-refractivity contribution in [3.8, 4) is 5.75 Å². The summed E-state index contributed by atoms with van der Waals surface area (Å²) in [7, 11) is 1.30. The Morgan fingerprint density at radius 2 is 1.65 bits per heavy atom. The summed E-state index contributed by atoms with van der Waals surface area (Å²) in [5, 5.41) is 0. The van der Waals surface area contributed by atoms with Crippen molar-refractivity contribution >= 4 is 5.78 Å². The molecule has 0 aromatic heterocycles. The van der Waals surface area contributed by atoms with Crippen LogP contribution in [0.4, 0.5) is 8.78 Å². The number of benzene rings is 2. The molecule has 0 bridgehead atoms. The van der Waals surface area contributed by atoms with Crippen LogP contribution < -0.4 is 4.74 Å². The van der Waals surface area contributed by atoms with Crippen molar-refractivity contribution < 1.29 is 18.3 Å². The number of para-hydroxylation sites is 1. The molecule has 2 nitrogen and oxygen atoms in total. The number of ketones is 1. The van der Waals surface area contributed by atoms with Gasteiger partial charge >= 0.3 is 5.92 Å². The number of ether oxygens (including phenoxy) is 1. The third-order valence-electron chi connectivity index (χ3n) is 3.04. The first-order valence-corrected chi connectivity index (χ1v) is 6.09. The third-order valence-corrected chi connectivity index (χ3v) is 3.04. The van der Waals surface area contributed by atoms with E-state index >= 15 is 0 Å². The quantitative estimate of drug-likeness (QED) is 0.790. The molecule has 0 spiro atoms. The lowest BCUT2D eigenvalue weighted by Crippen LogP contribution is -2.26. The van der Waals surface area contributed by atoms with Gasteiger partial charge in [-0.25, -0.2) is 0 Å². The summed E-state index contributed by atoms with van der Waals surface area (Å²) >= 11 is 0. The highest BCUT2D eigenvalue weighted by Gasteiger charge is 2.43. The number of hydrogen-bond donors (Lipinski definition) is 0. The number of alkyl halides is 2. The second-order valence-electron chi connectivity index (χ2n) is 4.47. The lowest BCUT2D eigenvalue weighted by Gasteiger charge is -2.18. The zero-order chi connectivity index (χ0) is 14.8. The summed E-state index contributed by atoms with van der Waals surface area (Å²) in [4.78, 5) is 12.0. The Bertz CT molecular complexity index is 619. The molecule has 0 fully saturated rings. The van der Waals surface area contributed by atoms with Crippen molar-refractivity contribution in [1.82, 2.24) is 0 Å². The maximum atomic E-state index is 14.4. The summed E-state index contributed by atoms with van der Waals surface area (Å²) in [5.74, 6) is -4.86. The van der Waals surface area contributed by atoms with E-state index in [2.05, 4.69) is 0 Å². The Morgan fingerprint density at radius 3 is 2.25 bits per heavy atom. The lowest BCUT2D eigenvalue weighted by molar-refractivity contribution is 0.00602. The molecule has 4 heteroatoms. The molecule has 0 saturated carbocycles. The summed E-state index contributed by atoms with van der Waals surface area (Å²) < 4.78 is 33.6. The largest absolute Gasteiger partial charge is 0.496 e. The van der Waals surface area contributed by atoms with E-state index in [9.17, 15) is 13.6 Å². The van der Waals surface area contributed by atoms with Gasteiger partial charge in [-0.05, 0) is 19.1 Å². The molecule has 2 aromatic carbocycles. The van der Waals surface area contributed by atoms with E-state index in [-0.39, 0.29) is 11.3 Å². The number of methoxy groups -OCH3 is 1. The number of hydrogen-bond acceptors (Lipinski definition) is 2. The fourth-order valence-electron chi connectivity index (χ4n) is 1.91. The summed E-state index contributed by atoms with van der Waals surface area (Å²) in [6, 6.07) is 11.7. The molecule has 0 aliphatic heterocycles. The van der Waals surface area contributed by atoms with Crippen LogP contribution in [0.15, 0.2) is 48.5 Å².